The minimum Gasteiger partial charge on any atom is -0.485 e. The highest BCUT2D eigenvalue weighted by Crippen LogP contribution is 2.40. The van der Waals surface area contributed by atoms with Gasteiger partial charge in [0.05, 0.1) is 0 Å². The van der Waals surface area contributed by atoms with Gasteiger partial charge >= 0.3 is 0 Å². The van der Waals surface area contributed by atoms with Gasteiger partial charge in [-0.25, -0.2) is 4.39 Å². The molecule has 20 heavy (non-hydrogen) atoms. The van der Waals surface area contributed by atoms with E-state index < -0.39 is 0 Å². The standard InChI is InChI=1S/C17H18FNO/c1-10-3-6-16-14(7-10)15(19)9-17(20-16)13-5-4-12(18)8-11(13)2/h3-8,15,17H,9,19H2,1-2H3/t15-,17?/m1/s1. The highest BCUT2D eigenvalue weighted by Gasteiger charge is 2.28. The molecule has 2 nitrogen and oxygen atoms in total. The molecule has 0 aromatic heterocycles. The van der Waals surface area contributed by atoms with Gasteiger partial charge in [0.2, 0.25) is 0 Å². The number of hydrogen-bond acceptors (Lipinski definition) is 2. The maximum atomic E-state index is 13.2. The zero-order valence-electron chi connectivity index (χ0n) is 11.7. The average molecular weight is 271 g/mol. The summed E-state index contributed by atoms with van der Waals surface area (Å²) in [7, 11) is 0. The van der Waals surface area contributed by atoms with Crippen molar-refractivity contribution < 1.29 is 9.13 Å². The summed E-state index contributed by atoms with van der Waals surface area (Å²) in [5, 5.41) is 0. The molecule has 1 aliphatic rings. The number of rotatable bonds is 1. The highest BCUT2D eigenvalue weighted by molar-refractivity contribution is 5.42. The molecular weight excluding hydrogens is 253 g/mol. The van der Waals surface area contributed by atoms with E-state index in [-0.39, 0.29) is 18.0 Å². The van der Waals surface area contributed by atoms with Gasteiger partial charge in [-0.15, -0.1) is 0 Å². The van der Waals surface area contributed by atoms with Crippen LogP contribution in [-0.2, 0) is 0 Å². The van der Waals surface area contributed by atoms with E-state index in [2.05, 4.69) is 6.07 Å². The summed E-state index contributed by atoms with van der Waals surface area (Å²) in [5.74, 6) is 0.616. The van der Waals surface area contributed by atoms with Gasteiger partial charge in [-0.05, 0) is 43.2 Å². The Morgan fingerprint density at radius 1 is 1.10 bits per heavy atom. The molecule has 2 atom stereocenters. The molecular formula is C17H18FNO. The molecule has 0 radical (unpaired) electrons. The van der Waals surface area contributed by atoms with E-state index in [4.69, 9.17) is 10.5 Å². The second-order valence-electron chi connectivity index (χ2n) is 5.49. The lowest BCUT2D eigenvalue weighted by Gasteiger charge is -2.31. The maximum Gasteiger partial charge on any atom is 0.126 e. The van der Waals surface area contributed by atoms with E-state index in [9.17, 15) is 4.39 Å². The van der Waals surface area contributed by atoms with E-state index in [1.807, 2.05) is 26.0 Å². The SMILES string of the molecule is Cc1ccc2c(c1)[C@H](N)CC(c1ccc(F)cc1C)O2. The molecule has 0 spiro atoms. The van der Waals surface area contributed by atoms with Crippen LogP contribution in [0.5, 0.6) is 5.75 Å². The lowest BCUT2D eigenvalue weighted by Crippen LogP contribution is -2.24. The van der Waals surface area contributed by atoms with E-state index in [1.165, 1.54) is 17.7 Å². The van der Waals surface area contributed by atoms with Crippen molar-refractivity contribution in [2.75, 3.05) is 0 Å². The molecule has 0 saturated heterocycles. The lowest BCUT2D eigenvalue weighted by atomic mass is 9.91. The third kappa shape index (κ3) is 2.29. The average Bonchev–Trinajstić information content (AvgIpc) is 2.39. The minimum atomic E-state index is -0.220. The molecule has 0 fully saturated rings. The second kappa shape index (κ2) is 4.91. The summed E-state index contributed by atoms with van der Waals surface area (Å²) in [6.07, 6.45) is 0.601. The first-order valence-electron chi connectivity index (χ1n) is 6.83. The minimum absolute atomic E-state index is 0.0481. The van der Waals surface area contributed by atoms with Crippen molar-refractivity contribution in [3.05, 3.63) is 64.5 Å². The number of fused-ring (bicyclic) bond motifs is 1. The van der Waals surface area contributed by atoms with Crippen LogP contribution in [0, 0.1) is 19.7 Å². The molecule has 2 aromatic carbocycles. The first kappa shape index (κ1) is 13.1. The van der Waals surface area contributed by atoms with Crippen LogP contribution < -0.4 is 10.5 Å². The van der Waals surface area contributed by atoms with Crippen LogP contribution >= 0.6 is 0 Å². The Kier molecular flexibility index (Phi) is 3.22. The molecule has 2 N–H and O–H groups in total. The number of benzene rings is 2. The fraction of sp³-hybridized carbons (Fsp3) is 0.294. The fourth-order valence-corrected chi connectivity index (χ4v) is 2.81. The topological polar surface area (TPSA) is 35.2 Å². The Balaban J connectivity index is 1.97. The molecule has 1 aliphatic heterocycles. The van der Waals surface area contributed by atoms with Crippen molar-refractivity contribution in [3.8, 4) is 5.75 Å². The predicted molar refractivity (Wildman–Crippen MR) is 77.2 cm³/mol. The Bertz CT molecular complexity index is 653. The normalized spacial score (nSPS) is 21.2. The fourth-order valence-electron chi connectivity index (χ4n) is 2.81. The van der Waals surface area contributed by atoms with Crippen LogP contribution in [0.4, 0.5) is 4.39 Å². The van der Waals surface area contributed by atoms with Crippen LogP contribution in [0.3, 0.4) is 0 Å². The Morgan fingerprint density at radius 2 is 1.90 bits per heavy atom. The van der Waals surface area contributed by atoms with E-state index >= 15 is 0 Å². The van der Waals surface area contributed by atoms with Gasteiger partial charge in [-0.3, -0.25) is 0 Å². The Labute approximate surface area is 118 Å². The third-order valence-electron chi connectivity index (χ3n) is 3.88. The molecule has 0 amide bonds. The molecule has 1 heterocycles. The molecule has 104 valence electrons. The number of halogens is 1. The van der Waals surface area contributed by atoms with Gasteiger partial charge in [0.1, 0.15) is 17.7 Å². The predicted octanol–water partition coefficient (Wildman–Crippen LogP) is 3.97. The molecule has 2 aromatic rings. The number of hydrogen-bond donors (Lipinski definition) is 1. The molecule has 0 saturated carbocycles. The number of nitrogens with two attached hydrogens (primary N) is 1. The quantitative estimate of drug-likeness (QED) is 0.852. The lowest BCUT2D eigenvalue weighted by molar-refractivity contribution is 0.161. The second-order valence-corrected chi connectivity index (χ2v) is 5.49. The van der Waals surface area contributed by atoms with Crippen molar-refractivity contribution >= 4 is 0 Å². The van der Waals surface area contributed by atoms with Crippen LogP contribution in [0.2, 0.25) is 0 Å². The smallest absolute Gasteiger partial charge is 0.126 e. The highest BCUT2D eigenvalue weighted by atomic mass is 19.1. The molecule has 3 heteroatoms. The van der Waals surface area contributed by atoms with Gasteiger partial charge in [0.25, 0.3) is 0 Å². The Morgan fingerprint density at radius 3 is 2.65 bits per heavy atom. The van der Waals surface area contributed by atoms with Gasteiger partial charge < -0.3 is 10.5 Å². The molecule has 0 aliphatic carbocycles. The van der Waals surface area contributed by atoms with Gasteiger partial charge in [-0.1, -0.05) is 23.8 Å². The zero-order chi connectivity index (χ0) is 14.3. The van der Waals surface area contributed by atoms with Crippen LogP contribution in [-0.4, -0.2) is 0 Å². The first-order valence-corrected chi connectivity index (χ1v) is 6.83. The Hall–Kier alpha value is -1.87. The number of ether oxygens (including phenoxy) is 1. The molecule has 0 bridgehead atoms. The largest absolute Gasteiger partial charge is 0.485 e. The van der Waals surface area contributed by atoms with Gasteiger partial charge in [-0.2, -0.15) is 0 Å². The van der Waals surface area contributed by atoms with Gasteiger partial charge in [0.15, 0.2) is 0 Å². The molecule has 3 rings (SSSR count). The van der Waals surface area contributed by atoms with E-state index in [0.29, 0.717) is 6.42 Å². The summed E-state index contributed by atoms with van der Waals surface area (Å²) in [4.78, 5) is 0. The first-order chi connectivity index (χ1) is 9.54. The molecule has 1 unspecified atom stereocenters. The monoisotopic (exact) mass is 271 g/mol. The zero-order valence-corrected chi connectivity index (χ0v) is 11.7. The van der Waals surface area contributed by atoms with E-state index in [0.717, 1.165) is 22.4 Å². The van der Waals surface area contributed by atoms with Crippen molar-refractivity contribution in [2.45, 2.75) is 32.4 Å². The van der Waals surface area contributed by atoms with Crippen LogP contribution in [0.1, 0.15) is 40.8 Å². The maximum absolute atomic E-state index is 13.2. The summed E-state index contributed by atoms with van der Waals surface area (Å²) >= 11 is 0. The van der Waals surface area contributed by atoms with Crippen LogP contribution in [0.15, 0.2) is 36.4 Å². The van der Waals surface area contributed by atoms with Gasteiger partial charge in [0, 0.05) is 18.0 Å². The van der Waals surface area contributed by atoms with Crippen molar-refractivity contribution in [1.82, 2.24) is 0 Å². The van der Waals surface area contributed by atoms with Crippen molar-refractivity contribution in [1.29, 1.82) is 0 Å². The van der Waals surface area contributed by atoms with Crippen molar-refractivity contribution in [2.24, 2.45) is 5.73 Å². The van der Waals surface area contributed by atoms with E-state index in [1.54, 1.807) is 6.07 Å². The third-order valence-corrected chi connectivity index (χ3v) is 3.88. The summed E-state index contributed by atoms with van der Waals surface area (Å²) in [6, 6.07) is 10.8. The summed E-state index contributed by atoms with van der Waals surface area (Å²) in [5.41, 5.74) is 10.4. The van der Waals surface area contributed by atoms with Crippen molar-refractivity contribution in [3.63, 3.8) is 0 Å². The number of aryl methyl sites for hydroxylation is 2. The summed E-state index contributed by atoms with van der Waals surface area (Å²) in [6.45, 7) is 3.95. The van der Waals surface area contributed by atoms with Crippen LogP contribution in [0.25, 0.3) is 0 Å². The summed E-state index contributed by atoms with van der Waals surface area (Å²) < 4.78 is 19.3.